The number of halogens is 1. The molecular weight excluding hydrogens is 472 g/mol. The molecule has 0 saturated carbocycles. The second kappa shape index (κ2) is 10.3. The Morgan fingerprint density at radius 1 is 1.09 bits per heavy atom. The standard InChI is InChI=1S/C24H25BrN4O3/c1-5-32-23(30)18-6-9-21(10-7-18)29-16(3)13-19(17(29)4)14-26-28-24(31)27-20-8-11-22(25)15(2)12-20/h6-14H,5H2,1-4H3,(H2,27,28,31)/b26-14+. The minimum absolute atomic E-state index is 0.338. The number of benzene rings is 2. The minimum Gasteiger partial charge on any atom is -0.462 e. The van der Waals surface area contributed by atoms with Crippen LogP contribution in [0.3, 0.4) is 0 Å². The van der Waals surface area contributed by atoms with Crippen molar-refractivity contribution in [3.63, 3.8) is 0 Å². The van der Waals surface area contributed by atoms with Crippen molar-refractivity contribution in [2.24, 2.45) is 5.10 Å². The van der Waals surface area contributed by atoms with Crippen LogP contribution >= 0.6 is 15.9 Å². The SMILES string of the molecule is CCOC(=O)c1ccc(-n2c(C)cc(/C=N/NC(=O)Nc3ccc(Br)c(C)c3)c2C)cc1. The van der Waals surface area contributed by atoms with Gasteiger partial charge in [0.05, 0.1) is 18.4 Å². The van der Waals surface area contributed by atoms with Crippen LogP contribution in [-0.4, -0.2) is 29.4 Å². The Labute approximate surface area is 195 Å². The first-order valence-electron chi connectivity index (χ1n) is 10.1. The van der Waals surface area contributed by atoms with Crippen LogP contribution in [0.15, 0.2) is 58.1 Å². The molecule has 0 unspecified atom stereocenters. The van der Waals surface area contributed by atoms with Gasteiger partial charge in [0.25, 0.3) is 0 Å². The maximum absolute atomic E-state index is 12.1. The van der Waals surface area contributed by atoms with Crippen molar-refractivity contribution in [1.82, 2.24) is 9.99 Å². The molecule has 3 rings (SSSR count). The number of hydrazone groups is 1. The molecule has 2 N–H and O–H groups in total. The Hall–Kier alpha value is -3.39. The normalized spacial score (nSPS) is 10.9. The lowest BCUT2D eigenvalue weighted by atomic mass is 10.2. The number of aryl methyl sites for hydroxylation is 2. The molecule has 8 heteroatoms. The Morgan fingerprint density at radius 3 is 2.47 bits per heavy atom. The van der Waals surface area contributed by atoms with Gasteiger partial charge in [-0.3, -0.25) is 0 Å². The Kier molecular flexibility index (Phi) is 7.48. The first-order valence-corrected chi connectivity index (χ1v) is 10.9. The summed E-state index contributed by atoms with van der Waals surface area (Å²) in [6.07, 6.45) is 1.61. The van der Waals surface area contributed by atoms with Crippen molar-refractivity contribution >= 4 is 39.8 Å². The van der Waals surface area contributed by atoms with Gasteiger partial charge in [-0.05, 0) is 81.8 Å². The first kappa shape index (κ1) is 23.3. The van der Waals surface area contributed by atoms with Crippen molar-refractivity contribution in [1.29, 1.82) is 0 Å². The zero-order valence-electron chi connectivity index (χ0n) is 18.4. The molecule has 0 aliphatic carbocycles. The number of carbonyl (C=O) groups excluding carboxylic acids is 2. The van der Waals surface area contributed by atoms with E-state index in [2.05, 4.69) is 36.3 Å². The highest BCUT2D eigenvalue weighted by Gasteiger charge is 2.11. The third-order valence-corrected chi connectivity index (χ3v) is 5.78. The number of nitrogens with one attached hydrogen (secondary N) is 2. The van der Waals surface area contributed by atoms with Crippen LogP contribution in [0.5, 0.6) is 0 Å². The molecule has 0 atom stereocenters. The van der Waals surface area contributed by atoms with E-state index in [1.165, 1.54) is 0 Å². The molecule has 0 spiro atoms. The molecule has 2 amide bonds. The highest BCUT2D eigenvalue weighted by molar-refractivity contribution is 9.10. The third kappa shape index (κ3) is 5.45. The number of hydrogen-bond donors (Lipinski definition) is 2. The summed E-state index contributed by atoms with van der Waals surface area (Å²) in [5, 5.41) is 6.82. The molecule has 0 saturated heterocycles. The topological polar surface area (TPSA) is 84.7 Å². The minimum atomic E-state index is -0.425. The smallest absolute Gasteiger partial charge is 0.339 e. The van der Waals surface area contributed by atoms with Gasteiger partial charge in [0.1, 0.15) is 0 Å². The van der Waals surface area contributed by atoms with E-state index in [0.29, 0.717) is 17.9 Å². The lowest BCUT2D eigenvalue weighted by molar-refractivity contribution is 0.0526. The largest absolute Gasteiger partial charge is 0.462 e. The van der Waals surface area contributed by atoms with Crippen molar-refractivity contribution in [3.05, 3.63) is 81.1 Å². The number of carbonyl (C=O) groups is 2. The van der Waals surface area contributed by atoms with Gasteiger partial charge in [0, 0.05) is 32.8 Å². The Morgan fingerprint density at radius 2 is 1.81 bits per heavy atom. The number of hydrogen-bond acceptors (Lipinski definition) is 4. The first-order chi connectivity index (χ1) is 15.3. The molecule has 166 valence electrons. The predicted molar refractivity (Wildman–Crippen MR) is 130 cm³/mol. The van der Waals surface area contributed by atoms with Crippen LogP contribution in [-0.2, 0) is 4.74 Å². The zero-order chi connectivity index (χ0) is 23.3. The third-order valence-electron chi connectivity index (χ3n) is 4.89. The Bertz CT molecular complexity index is 1170. The molecular formula is C24H25BrN4O3. The summed E-state index contributed by atoms with van der Waals surface area (Å²) in [4.78, 5) is 24.0. The van der Waals surface area contributed by atoms with Crippen molar-refractivity contribution in [2.45, 2.75) is 27.7 Å². The molecule has 2 aromatic carbocycles. The number of esters is 1. The number of ether oxygens (including phenoxy) is 1. The molecule has 1 aromatic heterocycles. The van der Waals surface area contributed by atoms with Gasteiger partial charge >= 0.3 is 12.0 Å². The number of aromatic nitrogens is 1. The van der Waals surface area contributed by atoms with Gasteiger partial charge < -0.3 is 14.6 Å². The van der Waals surface area contributed by atoms with Gasteiger partial charge in [0.15, 0.2) is 0 Å². The van der Waals surface area contributed by atoms with E-state index in [1.807, 2.05) is 51.1 Å². The quantitative estimate of drug-likeness (QED) is 0.268. The predicted octanol–water partition coefficient (Wildman–Crippen LogP) is 5.50. The van der Waals surface area contributed by atoms with Crippen molar-refractivity contribution in [2.75, 3.05) is 11.9 Å². The number of nitrogens with zero attached hydrogens (tertiary/aromatic N) is 2. The van der Waals surface area contributed by atoms with Crippen molar-refractivity contribution in [3.8, 4) is 5.69 Å². The molecule has 3 aromatic rings. The summed E-state index contributed by atoms with van der Waals surface area (Å²) in [6, 6.07) is 14.4. The fourth-order valence-corrected chi connectivity index (χ4v) is 3.57. The molecule has 0 aliphatic rings. The Balaban J connectivity index is 1.69. The summed E-state index contributed by atoms with van der Waals surface area (Å²) in [5.41, 5.74) is 8.46. The van der Waals surface area contributed by atoms with Crippen LogP contribution in [0, 0.1) is 20.8 Å². The molecule has 0 aliphatic heterocycles. The summed E-state index contributed by atoms with van der Waals surface area (Å²) in [5.74, 6) is -0.338. The maximum atomic E-state index is 12.1. The zero-order valence-corrected chi connectivity index (χ0v) is 20.0. The van der Waals surface area contributed by atoms with Gasteiger partial charge in [-0.1, -0.05) is 15.9 Å². The summed E-state index contributed by atoms with van der Waals surface area (Å²) >= 11 is 3.44. The summed E-state index contributed by atoms with van der Waals surface area (Å²) in [7, 11) is 0. The molecule has 32 heavy (non-hydrogen) atoms. The van der Waals surface area contributed by atoms with Gasteiger partial charge in [-0.15, -0.1) is 0 Å². The van der Waals surface area contributed by atoms with E-state index < -0.39 is 6.03 Å². The van der Waals surface area contributed by atoms with E-state index in [-0.39, 0.29) is 5.97 Å². The lowest BCUT2D eigenvalue weighted by Gasteiger charge is -2.10. The van der Waals surface area contributed by atoms with E-state index in [0.717, 1.165) is 32.7 Å². The van der Waals surface area contributed by atoms with E-state index in [1.54, 1.807) is 31.3 Å². The second-order valence-electron chi connectivity index (χ2n) is 7.22. The summed E-state index contributed by atoms with van der Waals surface area (Å²) < 4.78 is 8.07. The van der Waals surface area contributed by atoms with Crippen LogP contribution in [0.2, 0.25) is 0 Å². The fraction of sp³-hybridized carbons (Fsp3) is 0.208. The average Bonchev–Trinajstić information content (AvgIpc) is 3.04. The number of rotatable bonds is 6. The highest BCUT2D eigenvalue weighted by Crippen LogP contribution is 2.21. The number of anilines is 1. The highest BCUT2D eigenvalue weighted by atomic mass is 79.9. The lowest BCUT2D eigenvalue weighted by Crippen LogP contribution is -2.24. The van der Waals surface area contributed by atoms with Crippen LogP contribution < -0.4 is 10.7 Å². The van der Waals surface area contributed by atoms with Gasteiger partial charge in [0.2, 0.25) is 0 Å². The molecule has 0 bridgehead atoms. The monoisotopic (exact) mass is 496 g/mol. The molecule has 1 heterocycles. The van der Waals surface area contributed by atoms with Crippen molar-refractivity contribution < 1.29 is 14.3 Å². The van der Waals surface area contributed by atoms with E-state index in [9.17, 15) is 9.59 Å². The molecule has 7 nitrogen and oxygen atoms in total. The average molecular weight is 497 g/mol. The number of urea groups is 1. The fourth-order valence-electron chi connectivity index (χ4n) is 3.32. The van der Waals surface area contributed by atoms with Gasteiger partial charge in [-0.2, -0.15) is 5.10 Å². The van der Waals surface area contributed by atoms with Gasteiger partial charge in [-0.25, -0.2) is 15.0 Å². The van der Waals surface area contributed by atoms with Crippen LogP contribution in [0.1, 0.15) is 39.8 Å². The molecule has 0 fully saturated rings. The second-order valence-corrected chi connectivity index (χ2v) is 8.07. The molecule has 0 radical (unpaired) electrons. The van der Waals surface area contributed by atoms with E-state index in [4.69, 9.17) is 4.74 Å². The summed E-state index contributed by atoms with van der Waals surface area (Å²) in [6.45, 7) is 8.03. The van der Waals surface area contributed by atoms with Crippen LogP contribution in [0.25, 0.3) is 5.69 Å². The number of amides is 2. The maximum Gasteiger partial charge on any atom is 0.339 e. The van der Waals surface area contributed by atoms with E-state index >= 15 is 0 Å². The van der Waals surface area contributed by atoms with Crippen LogP contribution in [0.4, 0.5) is 10.5 Å².